The van der Waals surface area contributed by atoms with Crippen molar-refractivity contribution in [1.29, 1.82) is 5.26 Å². The summed E-state index contributed by atoms with van der Waals surface area (Å²) < 4.78 is 0.608. The molecule has 3 nitrogen and oxygen atoms in total. The monoisotopic (exact) mass is 394 g/mol. The normalized spacial score (nSPS) is 41.2. The molecule has 148 valence electrons. The molecule has 4 aliphatic carbocycles. The van der Waals surface area contributed by atoms with Gasteiger partial charge < -0.3 is 10.1 Å². The average Bonchev–Trinajstić information content (AvgIpc) is 2.96. The average molecular weight is 395 g/mol. The molecule has 1 aromatic rings. The van der Waals surface area contributed by atoms with Gasteiger partial charge in [-0.25, -0.2) is 0 Å². The molecule has 4 aliphatic rings. The fraction of sp³-hybridized carbons (Fsp3) is 0.667. The number of aromatic amines is 1. The summed E-state index contributed by atoms with van der Waals surface area (Å²) in [6.45, 7) is 7.04. The molecule has 0 aliphatic heterocycles. The van der Waals surface area contributed by atoms with Crippen molar-refractivity contribution in [3.05, 3.63) is 38.7 Å². The molecule has 6 atom stereocenters. The number of rotatable bonds is 0. The quantitative estimate of drug-likeness (QED) is 0.466. The molecule has 2 fully saturated rings. The Morgan fingerprint density at radius 2 is 1.93 bits per heavy atom. The van der Waals surface area contributed by atoms with E-state index in [0.29, 0.717) is 28.0 Å². The third kappa shape index (κ3) is 2.27. The van der Waals surface area contributed by atoms with Crippen molar-refractivity contribution in [2.45, 2.75) is 77.2 Å². The van der Waals surface area contributed by atoms with E-state index in [0.717, 1.165) is 32.1 Å². The van der Waals surface area contributed by atoms with E-state index in [1.54, 1.807) is 0 Å². The van der Waals surface area contributed by atoms with Crippen LogP contribution in [-0.4, -0.2) is 16.2 Å². The molecule has 0 aromatic carbocycles. The van der Waals surface area contributed by atoms with Crippen molar-refractivity contribution in [1.82, 2.24) is 4.98 Å². The van der Waals surface area contributed by atoms with Gasteiger partial charge in [0.25, 0.3) is 0 Å². The molecule has 0 amide bonds. The van der Waals surface area contributed by atoms with Crippen LogP contribution >= 0.6 is 12.2 Å². The van der Waals surface area contributed by atoms with E-state index in [4.69, 9.17) is 12.2 Å². The highest BCUT2D eigenvalue weighted by molar-refractivity contribution is 7.71. The number of hydrogen-bond acceptors (Lipinski definition) is 3. The van der Waals surface area contributed by atoms with Gasteiger partial charge in [-0.05, 0) is 91.6 Å². The van der Waals surface area contributed by atoms with E-state index < -0.39 is 0 Å². The number of fused-ring (bicyclic) bond motifs is 7. The number of aromatic nitrogens is 1. The summed E-state index contributed by atoms with van der Waals surface area (Å²) in [6, 6.07) is 2.40. The Labute approximate surface area is 172 Å². The van der Waals surface area contributed by atoms with Crippen LogP contribution in [0.5, 0.6) is 0 Å². The van der Waals surface area contributed by atoms with Crippen LogP contribution in [0, 0.1) is 46.1 Å². The van der Waals surface area contributed by atoms with E-state index in [-0.39, 0.29) is 16.9 Å². The molecule has 5 rings (SSSR count). The predicted molar refractivity (Wildman–Crippen MR) is 113 cm³/mol. The van der Waals surface area contributed by atoms with Gasteiger partial charge in [0, 0.05) is 5.69 Å². The lowest BCUT2D eigenvalue weighted by atomic mass is 9.47. The van der Waals surface area contributed by atoms with Crippen molar-refractivity contribution in [2.75, 3.05) is 0 Å². The Balaban J connectivity index is 1.60. The second kappa shape index (κ2) is 6.03. The molecule has 1 aromatic heterocycles. The van der Waals surface area contributed by atoms with Gasteiger partial charge in [0.15, 0.2) is 0 Å². The fourth-order valence-corrected chi connectivity index (χ4v) is 8.07. The number of nitrogens with zero attached hydrogens (tertiary/aromatic N) is 1. The van der Waals surface area contributed by atoms with Crippen LogP contribution in [0.25, 0.3) is 0 Å². The Morgan fingerprint density at radius 1 is 1.18 bits per heavy atom. The Bertz CT molecular complexity index is 986. The highest BCUT2D eigenvalue weighted by Gasteiger charge is 2.58. The highest BCUT2D eigenvalue weighted by atomic mass is 32.1. The van der Waals surface area contributed by atoms with Crippen LogP contribution in [0.3, 0.4) is 0 Å². The number of aryl methyl sites for hydroxylation is 1. The minimum atomic E-state index is -0.151. The highest BCUT2D eigenvalue weighted by Crippen LogP contribution is 2.64. The van der Waals surface area contributed by atoms with Gasteiger partial charge in [-0.1, -0.05) is 37.7 Å². The number of aliphatic hydroxyl groups excluding tert-OH is 1. The lowest BCUT2D eigenvalue weighted by Gasteiger charge is -2.57. The summed E-state index contributed by atoms with van der Waals surface area (Å²) in [5.74, 6) is 1.94. The minimum Gasteiger partial charge on any atom is -0.393 e. The van der Waals surface area contributed by atoms with Crippen LogP contribution in [0.15, 0.2) is 11.6 Å². The molecule has 6 unspecified atom stereocenters. The summed E-state index contributed by atoms with van der Waals surface area (Å²) in [4.78, 5) is 3.33. The number of hydrogen-bond donors (Lipinski definition) is 2. The second-order valence-electron chi connectivity index (χ2n) is 10.2. The number of nitrogens with one attached hydrogen (secondary N) is 1. The van der Waals surface area contributed by atoms with E-state index in [2.05, 4.69) is 37.9 Å². The number of H-pyrrole nitrogens is 1. The molecule has 4 heteroatoms. The van der Waals surface area contributed by atoms with E-state index in [1.807, 2.05) is 0 Å². The lowest BCUT2D eigenvalue weighted by Crippen LogP contribution is -2.51. The fourth-order valence-electron chi connectivity index (χ4n) is 7.75. The van der Waals surface area contributed by atoms with E-state index >= 15 is 0 Å². The SMILES string of the molecule is Cc1[nH]c(=S)c(C#N)c2c1C1(C)CCC3C(CC=C4CC(O)CCC43C)C1C2. The van der Waals surface area contributed by atoms with Crippen LogP contribution in [-0.2, 0) is 11.8 Å². The predicted octanol–water partition coefficient (Wildman–Crippen LogP) is 5.26. The van der Waals surface area contributed by atoms with E-state index in [1.165, 1.54) is 35.2 Å². The van der Waals surface area contributed by atoms with Gasteiger partial charge >= 0.3 is 0 Å². The Morgan fingerprint density at radius 3 is 2.68 bits per heavy atom. The summed E-state index contributed by atoms with van der Waals surface area (Å²) >= 11 is 5.49. The van der Waals surface area contributed by atoms with Gasteiger partial charge in [-0.15, -0.1) is 0 Å². The first-order chi connectivity index (χ1) is 13.3. The number of pyridine rings is 1. The van der Waals surface area contributed by atoms with Crippen LogP contribution in [0.1, 0.15) is 74.8 Å². The van der Waals surface area contributed by atoms with Crippen molar-refractivity contribution in [2.24, 2.45) is 23.2 Å². The molecule has 2 saturated carbocycles. The second-order valence-corrected chi connectivity index (χ2v) is 10.6. The van der Waals surface area contributed by atoms with Gasteiger partial charge in [0.2, 0.25) is 0 Å². The van der Waals surface area contributed by atoms with Crippen LogP contribution in [0.4, 0.5) is 0 Å². The minimum absolute atomic E-state index is 0.140. The molecule has 0 bridgehead atoms. The van der Waals surface area contributed by atoms with Gasteiger partial charge in [0.05, 0.1) is 11.7 Å². The summed E-state index contributed by atoms with van der Waals surface area (Å²) in [6.07, 6.45) is 9.80. The summed E-state index contributed by atoms with van der Waals surface area (Å²) in [5, 5.41) is 20.0. The molecular weight excluding hydrogens is 364 g/mol. The smallest absolute Gasteiger partial charge is 0.121 e. The third-order valence-electron chi connectivity index (χ3n) is 9.08. The maximum absolute atomic E-state index is 10.2. The standard InChI is InChI=1S/C24H30N2OS/c1-13-21-17(18(12-25)22(28)26-13)11-20-16-5-4-14-10-15(27)6-8-23(14,2)19(16)7-9-24(20,21)3/h4,15-16,19-20,27H,5-11H2,1-3H3,(H,26,28). The molecule has 28 heavy (non-hydrogen) atoms. The summed E-state index contributed by atoms with van der Waals surface area (Å²) in [5.41, 5.74) is 6.41. The number of nitriles is 1. The zero-order valence-corrected chi connectivity index (χ0v) is 18.0. The van der Waals surface area contributed by atoms with Gasteiger partial charge in [-0.3, -0.25) is 0 Å². The molecule has 1 heterocycles. The molecular formula is C24H30N2OS. The van der Waals surface area contributed by atoms with Gasteiger partial charge in [-0.2, -0.15) is 5.26 Å². The molecule has 0 saturated heterocycles. The first-order valence-electron chi connectivity index (χ1n) is 10.8. The van der Waals surface area contributed by atoms with Crippen molar-refractivity contribution >= 4 is 12.2 Å². The Kier molecular flexibility index (Phi) is 4.00. The zero-order chi connectivity index (χ0) is 19.8. The first kappa shape index (κ1) is 18.6. The zero-order valence-electron chi connectivity index (χ0n) is 17.1. The van der Waals surface area contributed by atoms with Gasteiger partial charge in [0.1, 0.15) is 10.7 Å². The van der Waals surface area contributed by atoms with Crippen molar-refractivity contribution in [3.8, 4) is 6.07 Å². The van der Waals surface area contributed by atoms with Crippen molar-refractivity contribution in [3.63, 3.8) is 0 Å². The number of allylic oxidation sites excluding steroid dienone is 1. The maximum atomic E-state index is 10.2. The summed E-state index contributed by atoms with van der Waals surface area (Å²) in [7, 11) is 0. The first-order valence-corrected chi connectivity index (χ1v) is 11.2. The Hall–Kier alpha value is -1.44. The van der Waals surface area contributed by atoms with Crippen LogP contribution in [0.2, 0.25) is 0 Å². The molecule has 0 radical (unpaired) electrons. The maximum Gasteiger partial charge on any atom is 0.121 e. The number of aliphatic hydroxyl groups is 1. The van der Waals surface area contributed by atoms with E-state index in [9.17, 15) is 10.4 Å². The lowest BCUT2D eigenvalue weighted by molar-refractivity contribution is -0.0164. The topological polar surface area (TPSA) is 59.8 Å². The molecule has 2 N–H and O–H groups in total. The third-order valence-corrected chi connectivity index (χ3v) is 9.39. The van der Waals surface area contributed by atoms with Crippen molar-refractivity contribution < 1.29 is 5.11 Å². The van der Waals surface area contributed by atoms with Crippen LogP contribution < -0.4 is 0 Å². The molecule has 0 spiro atoms. The largest absolute Gasteiger partial charge is 0.393 e.